The van der Waals surface area contributed by atoms with Gasteiger partial charge in [0, 0.05) is 58.4 Å². The van der Waals surface area contributed by atoms with Crippen LogP contribution >= 0.6 is 0 Å². The molecule has 0 radical (unpaired) electrons. The zero-order valence-electron chi connectivity index (χ0n) is 32.6. The molecule has 0 amide bonds. The fourth-order valence-electron chi connectivity index (χ4n) is 5.58. The Labute approximate surface area is 330 Å². The van der Waals surface area contributed by atoms with Gasteiger partial charge in [-0.15, -0.1) is 0 Å². The monoisotopic (exact) mass is 760 g/mol. The van der Waals surface area contributed by atoms with Crippen LogP contribution in [0.3, 0.4) is 0 Å². The number of anilines is 9. The van der Waals surface area contributed by atoms with Crippen molar-refractivity contribution < 1.29 is 9.13 Å². The standard InChI is InChI=1S/C41H42N16/c1-7-24-57-28-27-56(6)41(57)52-50-36-22-18-32(19-23-36)43-30-10-14-34(15-11-30)45-38-46-37(47-39(48-38)53(2)3)44-33-12-8-29(9-13-33)42-31-16-20-35(21-17-31)49-51-40-54(4)25-26-55(40)5/h7-28H,1-6H3,(H2,44,45,46,47,48,49,50)/p+2/b24-7+. The van der Waals surface area contributed by atoms with Crippen LogP contribution in [0.5, 0.6) is 0 Å². The van der Waals surface area contributed by atoms with Gasteiger partial charge in [0.2, 0.25) is 17.8 Å². The smallest absolute Gasteiger partial charge is 0.356 e. The largest absolute Gasteiger partial charge is 0.425 e. The molecule has 286 valence electrons. The molecule has 3 heterocycles. The molecule has 0 fully saturated rings. The van der Waals surface area contributed by atoms with E-state index in [2.05, 4.69) is 56.7 Å². The summed E-state index contributed by atoms with van der Waals surface area (Å²) in [5, 5.41) is 31.0. The minimum Gasteiger partial charge on any atom is -0.356 e. The maximum Gasteiger partial charge on any atom is 0.425 e. The summed E-state index contributed by atoms with van der Waals surface area (Å²) >= 11 is 0. The van der Waals surface area contributed by atoms with Gasteiger partial charge in [0.25, 0.3) is 0 Å². The second-order valence-corrected chi connectivity index (χ2v) is 13.2. The van der Waals surface area contributed by atoms with Crippen molar-refractivity contribution in [3.8, 4) is 0 Å². The number of aryl methyl sites for hydroxylation is 3. The molecule has 0 aliphatic rings. The SMILES string of the molecule is C/C=C/[n+]1ccn(C)c1/N=N/c1ccc(Nc2ccc(Nc3nc(Nc4ccc(Nc5ccc(/N=N/c6n(C)cc[n+]6C)cc5)cc4)nc(N(C)C)n3)cc2)cc1. The Balaban J connectivity index is 0.947. The quantitative estimate of drug-likeness (QED) is 0.0632. The maximum absolute atomic E-state index is 4.65. The fourth-order valence-corrected chi connectivity index (χ4v) is 5.58. The molecule has 0 saturated heterocycles. The number of hydrogen-bond donors (Lipinski definition) is 4. The van der Waals surface area contributed by atoms with Crippen LogP contribution in [0.4, 0.5) is 75.2 Å². The van der Waals surface area contributed by atoms with Crippen LogP contribution in [0, 0.1) is 0 Å². The van der Waals surface area contributed by atoms with E-state index in [9.17, 15) is 0 Å². The predicted molar refractivity (Wildman–Crippen MR) is 225 cm³/mol. The normalized spacial score (nSPS) is 11.5. The molecule has 0 bridgehead atoms. The molecule has 7 rings (SSSR count). The van der Waals surface area contributed by atoms with Crippen LogP contribution in [0.2, 0.25) is 0 Å². The van der Waals surface area contributed by atoms with Crippen molar-refractivity contribution in [1.82, 2.24) is 24.1 Å². The molecule has 0 aliphatic carbocycles. The average molecular weight is 761 g/mol. The van der Waals surface area contributed by atoms with Crippen LogP contribution < -0.4 is 35.3 Å². The lowest BCUT2D eigenvalue weighted by Gasteiger charge is -2.15. The van der Waals surface area contributed by atoms with Gasteiger partial charge >= 0.3 is 11.9 Å². The summed E-state index contributed by atoms with van der Waals surface area (Å²) < 4.78 is 7.66. The molecule has 16 heteroatoms. The number of rotatable bonds is 14. The molecule has 4 N–H and O–H groups in total. The molecular formula is C41H44N16+2. The lowest BCUT2D eigenvalue weighted by molar-refractivity contribution is -0.657. The maximum atomic E-state index is 4.65. The van der Waals surface area contributed by atoms with Crippen molar-refractivity contribution in [2.45, 2.75) is 6.92 Å². The van der Waals surface area contributed by atoms with Gasteiger partial charge in [-0.2, -0.15) is 15.0 Å². The highest BCUT2D eigenvalue weighted by Crippen LogP contribution is 2.26. The Morgan fingerprint density at radius 1 is 0.544 bits per heavy atom. The first-order valence-corrected chi connectivity index (χ1v) is 18.1. The molecule has 4 aromatic carbocycles. The molecule has 0 spiro atoms. The summed E-state index contributed by atoms with van der Waals surface area (Å²) in [5.74, 6) is 2.81. The van der Waals surface area contributed by atoms with Gasteiger partial charge in [-0.25, -0.2) is 18.3 Å². The van der Waals surface area contributed by atoms with Gasteiger partial charge in [0.05, 0.1) is 45.9 Å². The Bertz CT molecular complexity index is 2490. The number of azo groups is 2. The van der Waals surface area contributed by atoms with Crippen molar-refractivity contribution in [1.29, 1.82) is 0 Å². The molecule has 0 atom stereocenters. The topological polar surface area (TPSA) is 157 Å². The summed E-state index contributed by atoms with van der Waals surface area (Å²) in [6.07, 6.45) is 11.6. The van der Waals surface area contributed by atoms with Gasteiger partial charge in [0.1, 0.15) is 17.6 Å². The van der Waals surface area contributed by atoms with E-state index >= 15 is 0 Å². The molecule has 0 aliphatic heterocycles. The van der Waals surface area contributed by atoms with E-state index in [4.69, 9.17) is 0 Å². The van der Waals surface area contributed by atoms with Gasteiger partial charge in [-0.05, 0) is 104 Å². The number of allylic oxidation sites excluding steroid dienone is 1. The van der Waals surface area contributed by atoms with E-state index < -0.39 is 0 Å². The third-order valence-electron chi connectivity index (χ3n) is 8.58. The number of aromatic nitrogens is 7. The van der Waals surface area contributed by atoms with Crippen molar-refractivity contribution in [3.05, 3.63) is 128 Å². The third-order valence-corrected chi connectivity index (χ3v) is 8.58. The Morgan fingerprint density at radius 2 is 0.947 bits per heavy atom. The summed E-state index contributed by atoms with van der Waals surface area (Å²) in [5.41, 5.74) is 6.88. The van der Waals surface area contributed by atoms with Crippen LogP contribution in [-0.2, 0) is 21.1 Å². The van der Waals surface area contributed by atoms with Crippen LogP contribution in [0.1, 0.15) is 6.92 Å². The number of benzene rings is 4. The highest BCUT2D eigenvalue weighted by molar-refractivity contribution is 5.68. The third kappa shape index (κ3) is 9.68. The van der Waals surface area contributed by atoms with E-state index in [1.54, 1.807) is 0 Å². The van der Waals surface area contributed by atoms with E-state index in [0.29, 0.717) is 17.8 Å². The van der Waals surface area contributed by atoms with Gasteiger partial charge < -0.3 is 26.2 Å². The van der Waals surface area contributed by atoms with E-state index in [-0.39, 0.29) is 0 Å². The zero-order valence-corrected chi connectivity index (χ0v) is 32.6. The lowest BCUT2D eigenvalue weighted by atomic mass is 10.2. The summed E-state index contributed by atoms with van der Waals surface area (Å²) in [7, 11) is 9.59. The Kier molecular flexibility index (Phi) is 11.3. The van der Waals surface area contributed by atoms with E-state index in [0.717, 1.165) is 57.4 Å². The number of hydrogen-bond acceptors (Lipinski definition) is 12. The molecule has 16 nitrogen and oxygen atoms in total. The highest BCUT2D eigenvalue weighted by Gasteiger charge is 2.13. The van der Waals surface area contributed by atoms with Crippen LogP contribution in [0.25, 0.3) is 6.20 Å². The second-order valence-electron chi connectivity index (χ2n) is 13.2. The highest BCUT2D eigenvalue weighted by atomic mass is 15.3. The number of imidazole rings is 2. The van der Waals surface area contributed by atoms with Crippen LogP contribution in [0.15, 0.2) is 148 Å². The predicted octanol–water partition coefficient (Wildman–Crippen LogP) is 9.02. The molecule has 57 heavy (non-hydrogen) atoms. The van der Waals surface area contributed by atoms with Crippen molar-refractivity contribution >= 4 is 81.4 Å². The minimum atomic E-state index is 0.409. The average Bonchev–Trinajstić information content (AvgIpc) is 3.73. The Hall–Kier alpha value is -7.75. The van der Waals surface area contributed by atoms with Gasteiger partial charge in [-0.1, -0.05) is 16.3 Å². The first-order valence-electron chi connectivity index (χ1n) is 18.1. The summed E-state index contributed by atoms with van der Waals surface area (Å²) in [6.45, 7) is 1.96. The van der Waals surface area contributed by atoms with E-state index in [1.165, 1.54) is 0 Å². The van der Waals surface area contributed by atoms with E-state index in [1.807, 2.05) is 199 Å². The molecular weight excluding hydrogens is 717 g/mol. The summed E-state index contributed by atoms with van der Waals surface area (Å²) in [4.78, 5) is 15.7. The van der Waals surface area contributed by atoms with Crippen molar-refractivity contribution in [2.75, 3.05) is 40.3 Å². The fraction of sp³-hybridized carbons (Fsp3) is 0.146. The first kappa shape index (κ1) is 37.6. The number of nitrogens with one attached hydrogen (secondary N) is 4. The van der Waals surface area contributed by atoms with Crippen LogP contribution in [-0.4, -0.2) is 38.2 Å². The molecule has 3 aromatic heterocycles. The second kappa shape index (κ2) is 17.2. The minimum absolute atomic E-state index is 0.409. The van der Waals surface area contributed by atoms with Crippen molar-refractivity contribution in [3.63, 3.8) is 0 Å². The number of nitrogens with zero attached hydrogens (tertiary/aromatic N) is 12. The zero-order chi connectivity index (χ0) is 39.7. The summed E-state index contributed by atoms with van der Waals surface area (Å²) in [6, 6.07) is 31.4. The lowest BCUT2D eigenvalue weighted by Crippen LogP contribution is -2.25. The van der Waals surface area contributed by atoms with Crippen molar-refractivity contribution in [2.24, 2.45) is 41.6 Å². The van der Waals surface area contributed by atoms with Gasteiger partial charge in [0.15, 0.2) is 0 Å². The Morgan fingerprint density at radius 3 is 1.37 bits per heavy atom. The van der Waals surface area contributed by atoms with Gasteiger partial charge in [-0.3, -0.25) is 0 Å². The first-order chi connectivity index (χ1) is 27.7. The molecule has 0 saturated carbocycles. The molecule has 7 aromatic rings. The molecule has 0 unspecified atom stereocenters.